The molecule has 186 valence electrons. The zero-order valence-electron chi connectivity index (χ0n) is 21.3. The van der Waals surface area contributed by atoms with Crippen LogP contribution < -0.4 is 14.4 Å². The molecule has 0 amide bonds. The van der Waals surface area contributed by atoms with Crippen molar-refractivity contribution < 1.29 is 23.8 Å². The minimum Gasteiger partial charge on any atom is -0.465 e. The number of ether oxygens (including phenoxy) is 3. The molecular weight excluding hydrogens is 456 g/mol. The highest BCUT2D eigenvalue weighted by Crippen LogP contribution is 2.56. The van der Waals surface area contributed by atoms with Gasteiger partial charge < -0.3 is 19.1 Å². The van der Waals surface area contributed by atoms with E-state index in [1.807, 2.05) is 18.3 Å². The first-order valence-electron chi connectivity index (χ1n) is 12.3. The molecule has 3 aromatic carbocycles. The lowest BCUT2D eigenvalue weighted by molar-refractivity contribution is -0.131. The maximum atomic E-state index is 12.5. The molecule has 0 aromatic heterocycles. The van der Waals surface area contributed by atoms with E-state index in [1.165, 1.54) is 25.3 Å². The second kappa shape index (κ2) is 8.66. The van der Waals surface area contributed by atoms with Crippen molar-refractivity contribution in [3.05, 3.63) is 59.7 Å². The van der Waals surface area contributed by atoms with Gasteiger partial charge in [-0.05, 0) is 55.0 Å². The van der Waals surface area contributed by atoms with Crippen LogP contribution in [0.15, 0.2) is 53.5 Å². The summed E-state index contributed by atoms with van der Waals surface area (Å²) in [6.07, 6.45) is 3.74. The van der Waals surface area contributed by atoms with Gasteiger partial charge in [-0.3, -0.25) is 9.79 Å². The quantitative estimate of drug-likeness (QED) is 0.328. The van der Waals surface area contributed by atoms with E-state index in [0.717, 1.165) is 24.8 Å². The Morgan fingerprint density at radius 3 is 2.58 bits per heavy atom. The van der Waals surface area contributed by atoms with Crippen LogP contribution in [-0.2, 0) is 14.9 Å². The molecule has 2 heterocycles. The molecule has 5 rings (SSSR count). The predicted molar refractivity (Wildman–Crippen MR) is 140 cm³/mol. The highest BCUT2D eigenvalue weighted by Gasteiger charge is 2.61. The Balaban J connectivity index is 1.69. The van der Waals surface area contributed by atoms with Crippen LogP contribution >= 0.6 is 0 Å². The van der Waals surface area contributed by atoms with Gasteiger partial charge in [-0.1, -0.05) is 38.1 Å². The van der Waals surface area contributed by atoms with Crippen molar-refractivity contribution in [2.45, 2.75) is 51.7 Å². The van der Waals surface area contributed by atoms with Crippen LogP contribution in [0.5, 0.6) is 11.5 Å². The molecule has 3 aromatic rings. The number of hydrogen-bond acceptors (Lipinski definition) is 7. The van der Waals surface area contributed by atoms with Crippen LogP contribution in [0, 0.1) is 0 Å². The monoisotopic (exact) mass is 486 g/mol. The Bertz CT molecular complexity index is 1410. The summed E-state index contributed by atoms with van der Waals surface area (Å²) in [6, 6.07) is 15.6. The van der Waals surface area contributed by atoms with E-state index in [1.54, 1.807) is 12.1 Å². The van der Waals surface area contributed by atoms with Crippen LogP contribution in [0.3, 0.4) is 0 Å². The summed E-state index contributed by atoms with van der Waals surface area (Å²) in [5.74, 6) is -0.328. The maximum absolute atomic E-state index is 12.5. The van der Waals surface area contributed by atoms with Crippen LogP contribution in [0.4, 0.5) is 11.4 Å². The number of methoxy groups -OCH3 is 1. The van der Waals surface area contributed by atoms with Gasteiger partial charge in [-0.25, -0.2) is 4.79 Å². The van der Waals surface area contributed by atoms with E-state index in [2.05, 4.69) is 49.9 Å². The average Bonchev–Trinajstić information content (AvgIpc) is 3.07. The minimum atomic E-state index is -0.787. The molecule has 0 bridgehead atoms. The number of esters is 2. The number of aliphatic imine (C=N–C) groups is 1. The molecule has 0 aliphatic carbocycles. The SMILES string of the molecule is CCCN1c2ccccc2C(C)(CC)C12C=Nc1c(ccc3cc(OC(C)=O)c(C(=O)OC)cc13)O2. The van der Waals surface area contributed by atoms with Crippen LogP contribution in [0.2, 0.25) is 0 Å². The van der Waals surface area contributed by atoms with Crippen molar-refractivity contribution in [2.24, 2.45) is 4.99 Å². The molecule has 0 saturated carbocycles. The molecule has 1 spiro atoms. The summed E-state index contributed by atoms with van der Waals surface area (Å²) in [6.45, 7) is 8.69. The first-order chi connectivity index (χ1) is 17.3. The number of nitrogens with zero attached hydrogens (tertiary/aromatic N) is 2. The van der Waals surface area contributed by atoms with Gasteiger partial charge >= 0.3 is 11.9 Å². The van der Waals surface area contributed by atoms with E-state index in [0.29, 0.717) is 16.8 Å². The van der Waals surface area contributed by atoms with Gasteiger partial charge in [0, 0.05) is 24.5 Å². The molecule has 0 saturated heterocycles. The summed E-state index contributed by atoms with van der Waals surface area (Å²) in [5.41, 5.74) is 2.08. The Morgan fingerprint density at radius 1 is 1.11 bits per heavy atom. The van der Waals surface area contributed by atoms with E-state index in [9.17, 15) is 9.59 Å². The number of para-hydroxylation sites is 1. The fourth-order valence-corrected chi connectivity index (χ4v) is 5.57. The van der Waals surface area contributed by atoms with E-state index >= 15 is 0 Å². The number of carbonyl (C=O) groups excluding carboxylic acids is 2. The number of anilines is 1. The Hall–Kier alpha value is -3.87. The van der Waals surface area contributed by atoms with Crippen molar-refractivity contribution >= 4 is 40.3 Å². The summed E-state index contributed by atoms with van der Waals surface area (Å²) >= 11 is 0. The van der Waals surface area contributed by atoms with Gasteiger partial charge in [0.1, 0.15) is 22.7 Å². The van der Waals surface area contributed by atoms with Crippen LogP contribution in [0.25, 0.3) is 10.8 Å². The molecule has 7 heteroatoms. The fraction of sp³-hybridized carbons (Fsp3) is 0.345. The van der Waals surface area contributed by atoms with E-state index in [-0.39, 0.29) is 16.7 Å². The van der Waals surface area contributed by atoms with Crippen molar-refractivity contribution in [3.8, 4) is 11.5 Å². The standard InChI is InChI=1S/C29H30N2O5/c1-6-14-31-23-11-9-8-10-22(23)28(4,7-2)29(31)17-30-26-20-16-21(27(33)34-5)25(35-18(3)32)15-19(20)12-13-24(26)36-29/h8-13,15-17H,6-7,14H2,1-5H3. The average molecular weight is 487 g/mol. The van der Waals surface area contributed by atoms with Gasteiger partial charge in [-0.15, -0.1) is 0 Å². The molecule has 2 aliphatic heterocycles. The first-order valence-corrected chi connectivity index (χ1v) is 12.3. The van der Waals surface area contributed by atoms with Crippen LogP contribution in [0.1, 0.15) is 56.5 Å². The highest BCUT2D eigenvalue weighted by atomic mass is 16.5. The topological polar surface area (TPSA) is 77.4 Å². The minimum absolute atomic E-state index is 0.151. The summed E-state index contributed by atoms with van der Waals surface area (Å²) < 4.78 is 17.2. The second-order valence-corrected chi connectivity index (χ2v) is 9.48. The zero-order chi connectivity index (χ0) is 25.7. The molecule has 2 atom stereocenters. The van der Waals surface area contributed by atoms with Gasteiger partial charge in [-0.2, -0.15) is 0 Å². The highest BCUT2D eigenvalue weighted by molar-refractivity contribution is 6.05. The smallest absolute Gasteiger partial charge is 0.341 e. The van der Waals surface area contributed by atoms with Crippen molar-refractivity contribution in [1.82, 2.24) is 0 Å². The lowest BCUT2D eigenvalue weighted by atomic mass is 9.73. The van der Waals surface area contributed by atoms with Gasteiger partial charge in [0.05, 0.1) is 18.7 Å². The predicted octanol–water partition coefficient (Wildman–Crippen LogP) is 5.94. The number of carbonyl (C=O) groups is 2. The Labute approximate surface area is 210 Å². The third-order valence-corrected chi connectivity index (χ3v) is 7.48. The van der Waals surface area contributed by atoms with E-state index in [4.69, 9.17) is 19.2 Å². The van der Waals surface area contributed by atoms with Crippen molar-refractivity contribution in [3.63, 3.8) is 0 Å². The molecule has 2 unspecified atom stereocenters. The molecule has 0 fully saturated rings. The zero-order valence-corrected chi connectivity index (χ0v) is 21.3. The Kier molecular flexibility index (Phi) is 5.74. The first kappa shape index (κ1) is 23.9. The van der Waals surface area contributed by atoms with Crippen molar-refractivity contribution in [1.29, 1.82) is 0 Å². The Morgan fingerprint density at radius 2 is 1.89 bits per heavy atom. The third-order valence-electron chi connectivity index (χ3n) is 7.48. The summed E-state index contributed by atoms with van der Waals surface area (Å²) in [4.78, 5) is 31.4. The lowest BCUT2D eigenvalue weighted by Crippen LogP contribution is -2.63. The van der Waals surface area contributed by atoms with Gasteiger partial charge in [0.25, 0.3) is 0 Å². The number of rotatable bonds is 5. The molecule has 0 N–H and O–H groups in total. The lowest BCUT2D eigenvalue weighted by Gasteiger charge is -2.47. The number of hydrogen-bond donors (Lipinski definition) is 0. The molecule has 0 radical (unpaired) electrons. The third kappa shape index (κ3) is 3.29. The molecule has 36 heavy (non-hydrogen) atoms. The van der Waals surface area contributed by atoms with Crippen LogP contribution in [-0.4, -0.2) is 37.5 Å². The fourth-order valence-electron chi connectivity index (χ4n) is 5.57. The largest absolute Gasteiger partial charge is 0.465 e. The molecule has 2 aliphatic rings. The van der Waals surface area contributed by atoms with Gasteiger partial charge in [0.15, 0.2) is 0 Å². The maximum Gasteiger partial charge on any atom is 0.341 e. The molecular formula is C29H30N2O5. The molecule has 7 nitrogen and oxygen atoms in total. The normalized spacial score (nSPS) is 21.8. The van der Waals surface area contributed by atoms with E-state index < -0.39 is 17.7 Å². The van der Waals surface area contributed by atoms with Gasteiger partial charge in [0.2, 0.25) is 5.72 Å². The van der Waals surface area contributed by atoms with Crippen molar-refractivity contribution in [2.75, 3.05) is 18.6 Å². The number of fused-ring (bicyclic) bond motifs is 4. The summed E-state index contributed by atoms with van der Waals surface area (Å²) in [7, 11) is 1.29. The number of benzene rings is 3. The second-order valence-electron chi connectivity index (χ2n) is 9.48. The summed E-state index contributed by atoms with van der Waals surface area (Å²) in [5, 5.41) is 1.48.